The van der Waals surface area contributed by atoms with E-state index < -0.39 is 11.5 Å². The first-order chi connectivity index (χ1) is 7.17. The standard InChI is InChI=1S/C12H21NO3/c1-8(14)9(11(2,3)4)13-10(15)12(5)6-16-7-12/h9H,6-7H2,1-5H3,(H,13,15)/t9-/m1/s1. The van der Waals surface area contributed by atoms with Crippen LogP contribution in [0.5, 0.6) is 0 Å². The zero-order valence-corrected chi connectivity index (χ0v) is 10.7. The Morgan fingerprint density at radius 2 is 1.81 bits per heavy atom. The predicted molar refractivity (Wildman–Crippen MR) is 61.0 cm³/mol. The predicted octanol–water partition coefficient (Wildman–Crippen LogP) is 1.14. The average Bonchev–Trinajstić information content (AvgIpc) is 2.07. The maximum Gasteiger partial charge on any atom is 0.231 e. The second-order valence-electron chi connectivity index (χ2n) is 5.94. The summed E-state index contributed by atoms with van der Waals surface area (Å²) in [5.41, 5.74) is -0.721. The van der Waals surface area contributed by atoms with Crippen molar-refractivity contribution in [2.24, 2.45) is 10.8 Å². The summed E-state index contributed by atoms with van der Waals surface area (Å²) in [5, 5.41) is 2.83. The Labute approximate surface area is 96.7 Å². The monoisotopic (exact) mass is 227 g/mol. The Morgan fingerprint density at radius 3 is 2.06 bits per heavy atom. The van der Waals surface area contributed by atoms with E-state index in [9.17, 15) is 9.59 Å². The quantitative estimate of drug-likeness (QED) is 0.786. The number of hydrogen-bond acceptors (Lipinski definition) is 3. The van der Waals surface area contributed by atoms with E-state index in [2.05, 4.69) is 5.32 Å². The molecule has 1 amide bonds. The van der Waals surface area contributed by atoms with Crippen LogP contribution in [0, 0.1) is 10.8 Å². The van der Waals surface area contributed by atoms with E-state index in [0.29, 0.717) is 13.2 Å². The summed E-state index contributed by atoms with van der Waals surface area (Å²) in [6.45, 7) is 10.1. The van der Waals surface area contributed by atoms with Gasteiger partial charge < -0.3 is 10.1 Å². The zero-order chi connectivity index (χ0) is 12.6. The van der Waals surface area contributed by atoms with Gasteiger partial charge in [-0.3, -0.25) is 9.59 Å². The zero-order valence-electron chi connectivity index (χ0n) is 10.7. The summed E-state index contributed by atoms with van der Waals surface area (Å²) in [4.78, 5) is 23.5. The summed E-state index contributed by atoms with van der Waals surface area (Å²) >= 11 is 0. The van der Waals surface area contributed by atoms with Gasteiger partial charge in [0.2, 0.25) is 5.91 Å². The molecule has 1 heterocycles. The van der Waals surface area contributed by atoms with Crippen molar-refractivity contribution in [2.75, 3.05) is 13.2 Å². The lowest BCUT2D eigenvalue weighted by Gasteiger charge is -2.39. The Hall–Kier alpha value is -0.900. The minimum Gasteiger partial charge on any atom is -0.379 e. The van der Waals surface area contributed by atoms with Crippen molar-refractivity contribution in [3.8, 4) is 0 Å². The van der Waals surface area contributed by atoms with Gasteiger partial charge in [0.1, 0.15) is 0 Å². The van der Waals surface area contributed by atoms with Crippen molar-refractivity contribution in [3.05, 3.63) is 0 Å². The van der Waals surface area contributed by atoms with Crippen LogP contribution in [-0.4, -0.2) is 30.9 Å². The van der Waals surface area contributed by atoms with Crippen LogP contribution >= 0.6 is 0 Å². The molecule has 16 heavy (non-hydrogen) atoms. The molecule has 0 aromatic carbocycles. The van der Waals surface area contributed by atoms with Gasteiger partial charge in [-0.15, -0.1) is 0 Å². The normalized spacial score (nSPS) is 20.8. The molecular formula is C12H21NO3. The van der Waals surface area contributed by atoms with Gasteiger partial charge in [0.05, 0.1) is 24.7 Å². The van der Waals surface area contributed by atoms with Crippen molar-refractivity contribution < 1.29 is 14.3 Å². The van der Waals surface area contributed by atoms with Crippen LogP contribution in [0.15, 0.2) is 0 Å². The number of ether oxygens (including phenoxy) is 1. The van der Waals surface area contributed by atoms with Crippen molar-refractivity contribution in [1.29, 1.82) is 0 Å². The molecule has 0 spiro atoms. The minimum absolute atomic E-state index is 0.00954. The highest BCUT2D eigenvalue weighted by Gasteiger charge is 2.43. The molecule has 0 radical (unpaired) electrons. The topological polar surface area (TPSA) is 55.4 Å². The van der Waals surface area contributed by atoms with Crippen LogP contribution in [0.4, 0.5) is 0 Å². The Bertz CT molecular complexity index is 300. The number of carbonyl (C=O) groups is 2. The second kappa shape index (κ2) is 4.17. The van der Waals surface area contributed by atoms with E-state index in [1.54, 1.807) is 0 Å². The highest BCUT2D eigenvalue weighted by Crippen LogP contribution is 2.28. The van der Waals surface area contributed by atoms with E-state index >= 15 is 0 Å². The van der Waals surface area contributed by atoms with Crippen LogP contribution in [-0.2, 0) is 14.3 Å². The van der Waals surface area contributed by atoms with Crippen molar-refractivity contribution in [3.63, 3.8) is 0 Å². The molecule has 1 fully saturated rings. The first kappa shape index (κ1) is 13.2. The van der Waals surface area contributed by atoms with Crippen LogP contribution in [0.3, 0.4) is 0 Å². The fourth-order valence-corrected chi connectivity index (χ4v) is 1.77. The number of ketones is 1. The molecule has 4 heteroatoms. The number of nitrogens with one attached hydrogen (secondary N) is 1. The lowest BCUT2D eigenvalue weighted by Crippen LogP contribution is -2.58. The average molecular weight is 227 g/mol. The first-order valence-corrected chi connectivity index (χ1v) is 5.56. The van der Waals surface area contributed by atoms with E-state index in [-0.39, 0.29) is 17.1 Å². The Balaban J connectivity index is 2.69. The van der Waals surface area contributed by atoms with Gasteiger partial charge in [-0.05, 0) is 19.3 Å². The first-order valence-electron chi connectivity index (χ1n) is 5.56. The van der Waals surface area contributed by atoms with Crippen LogP contribution in [0.2, 0.25) is 0 Å². The number of amides is 1. The molecule has 0 saturated carbocycles. The van der Waals surface area contributed by atoms with Crippen LogP contribution in [0.25, 0.3) is 0 Å². The van der Waals surface area contributed by atoms with Gasteiger partial charge >= 0.3 is 0 Å². The molecule has 0 aliphatic carbocycles. The number of Topliss-reactive ketones (excluding diaryl/α,β-unsaturated/α-hetero) is 1. The molecule has 1 atom stereocenters. The van der Waals surface area contributed by atoms with Gasteiger partial charge in [0.15, 0.2) is 5.78 Å². The smallest absolute Gasteiger partial charge is 0.231 e. The Morgan fingerprint density at radius 1 is 1.31 bits per heavy atom. The summed E-state index contributed by atoms with van der Waals surface area (Å²) < 4.78 is 5.04. The van der Waals surface area contributed by atoms with Crippen molar-refractivity contribution >= 4 is 11.7 Å². The lowest BCUT2D eigenvalue weighted by atomic mass is 9.82. The number of rotatable bonds is 3. The van der Waals surface area contributed by atoms with E-state index in [1.807, 2.05) is 27.7 Å². The minimum atomic E-state index is -0.459. The van der Waals surface area contributed by atoms with E-state index in [4.69, 9.17) is 4.74 Å². The molecule has 0 bridgehead atoms. The van der Waals surface area contributed by atoms with Gasteiger partial charge in [-0.1, -0.05) is 20.8 Å². The third-order valence-corrected chi connectivity index (χ3v) is 2.94. The molecule has 0 aromatic rings. The second-order valence-corrected chi connectivity index (χ2v) is 5.94. The summed E-state index contributed by atoms with van der Waals surface area (Å²) in [5.74, 6) is -0.0985. The molecule has 1 aliphatic heterocycles. The lowest BCUT2D eigenvalue weighted by molar-refractivity contribution is -0.160. The van der Waals surface area contributed by atoms with Gasteiger partial charge in [-0.2, -0.15) is 0 Å². The maximum atomic E-state index is 12.0. The number of hydrogen-bond donors (Lipinski definition) is 1. The molecule has 92 valence electrons. The van der Waals surface area contributed by atoms with Gasteiger partial charge in [0.25, 0.3) is 0 Å². The molecule has 0 aromatic heterocycles. The highest BCUT2D eigenvalue weighted by atomic mass is 16.5. The third kappa shape index (κ3) is 2.61. The van der Waals surface area contributed by atoms with Crippen molar-refractivity contribution in [2.45, 2.75) is 40.7 Å². The summed E-state index contributed by atoms with van der Waals surface area (Å²) in [6, 6.07) is -0.433. The van der Waals surface area contributed by atoms with Crippen LogP contribution < -0.4 is 5.32 Å². The molecule has 1 rings (SSSR count). The fourth-order valence-electron chi connectivity index (χ4n) is 1.77. The fraction of sp³-hybridized carbons (Fsp3) is 0.833. The molecule has 1 N–H and O–H groups in total. The molecule has 4 nitrogen and oxygen atoms in total. The molecule has 1 saturated heterocycles. The third-order valence-electron chi connectivity index (χ3n) is 2.94. The van der Waals surface area contributed by atoms with E-state index in [0.717, 1.165) is 0 Å². The number of carbonyl (C=O) groups excluding carboxylic acids is 2. The summed E-state index contributed by atoms with van der Waals surface area (Å²) in [6.07, 6.45) is 0. The maximum absolute atomic E-state index is 12.0. The van der Waals surface area contributed by atoms with Crippen molar-refractivity contribution in [1.82, 2.24) is 5.32 Å². The SMILES string of the molecule is CC(=O)[C@@H](NC(=O)C1(C)COC1)C(C)(C)C. The molecule has 0 unspecified atom stereocenters. The largest absolute Gasteiger partial charge is 0.379 e. The molecule has 1 aliphatic rings. The van der Waals surface area contributed by atoms with Gasteiger partial charge in [-0.25, -0.2) is 0 Å². The summed E-state index contributed by atoms with van der Waals surface area (Å²) in [7, 11) is 0. The highest BCUT2D eigenvalue weighted by molar-refractivity contribution is 5.90. The Kier molecular flexibility index (Phi) is 3.43. The molecular weight excluding hydrogens is 206 g/mol. The van der Waals surface area contributed by atoms with E-state index in [1.165, 1.54) is 6.92 Å². The van der Waals surface area contributed by atoms with Gasteiger partial charge in [0, 0.05) is 0 Å². The van der Waals surface area contributed by atoms with Crippen LogP contribution in [0.1, 0.15) is 34.6 Å².